The third-order valence-electron chi connectivity index (χ3n) is 4.92. The molecule has 0 amide bonds. The van der Waals surface area contributed by atoms with Gasteiger partial charge in [0.05, 0.1) is 23.0 Å². The van der Waals surface area contributed by atoms with Gasteiger partial charge in [0.15, 0.2) is 17.7 Å². The molecule has 2 aromatic rings. The van der Waals surface area contributed by atoms with E-state index in [0.29, 0.717) is 4.31 Å². The smallest absolute Gasteiger partial charge is 0.390 e. The van der Waals surface area contributed by atoms with Crippen molar-refractivity contribution in [2.45, 2.75) is 6.61 Å². The number of rotatable bonds is 11. The van der Waals surface area contributed by atoms with Crippen molar-refractivity contribution in [2.24, 2.45) is 12.8 Å². The number of aromatic nitrogens is 2. The maximum absolute atomic E-state index is 13.8. The molecule has 37 heavy (non-hydrogen) atoms. The van der Waals surface area contributed by atoms with E-state index in [9.17, 15) is 22.9 Å². The zero-order chi connectivity index (χ0) is 27.5. The number of anilines is 1. The second-order valence-corrected chi connectivity index (χ2v) is 10.3. The molecule has 0 saturated heterocycles. The third kappa shape index (κ3) is 5.88. The van der Waals surface area contributed by atoms with Crippen LogP contribution in [0, 0.1) is 32.8 Å². The lowest BCUT2D eigenvalue weighted by molar-refractivity contribution is -0.396. The summed E-state index contributed by atoms with van der Waals surface area (Å²) in [6, 6.07) is 3.81. The summed E-state index contributed by atoms with van der Waals surface area (Å²) in [5.41, 5.74) is 6.17. The van der Waals surface area contributed by atoms with Crippen molar-refractivity contribution in [3.05, 3.63) is 62.0 Å². The van der Waals surface area contributed by atoms with E-state index < -0.39 is 38.3 Å². The molecule has 0 spiro atoms. The van der Waals surface area contributed by atoms with Gasteiger partial charge in [-0.3, -0.25) is 5.41 Å². The quantitative estimate of drug-likeness (QED) is 0.0812. The highest BCUT2D eigenvalue weighted by Gasteiger charge is 2.36. The standard InChI is InChI=1S/C18H20BrFN10O6S/c1-26(10-21)37(33,34)6-5-24-17-15(16(22)23)28(11-3-4-14(20)13(19)7-11)36-30(17)35-9-12-8-25-18(27(12)2)29(31)32/h3-4,7-8,24H,5-6,9H2,1-2H3,(H3,22,23). The molecule has 0 fully saturated rings. The minimum Gasteiger partial charge on any atom is -0.390 e. The van der Waals surface area contributed by atoms with Crippen molar-refractivity contribution in [1.82, 2.24) is 24.4 Å². The number of nitrogens with two attached hydrogens (primary N) is 1. The number of nitro groups is 1. The van der Waals surface area contributed by atoms with Gasteiger partial charge in [0.2, 0.25) is 10.0 Å². The molecule has 2 heterocycles. The van der Waals surface area contributed by atoms with Crippen LogP contribution in [0.25, 0.3) is 0 Å². The number of hydroxylamine groups is 3. The van der Waals surface area contributed by atoms with E-state index >= 15 is 0 Å². The summed E-state index contributed by atoms with van der Waals surface area (Å²) in [5, 5.41) is 32.6. The molecule has 16 nitrogen and oxygen atoms in total. The van der Waals surface area contributed by atoms with Crippen molar-refractivity contribution in [2.75, 3.05) is 24.4 Å². The summed E-state index contributed by atoms with van der Waals surface area (Å²) in [4.78, 5) is 25.4. The van der Waals surface area contributed by atoms with Crippen LogP contribution in [0.5, 0.6) is 0 Å². The van der Waals surface area contributed by atoms with E-state index in [0.717, 1.165) is 23.4 Å². The van der Waals surface area contributed by atoms with E-state index in [1.54, 1.807) is 0 Å². The molecular formula is C18H20BrFN10O6S. The SMILES string of the molecule is CN(C#N)S(=O)(=O)CCNC1=C(C(=N)N)N(c2ccc(F)c(Br)c2)ON1OCc1cnc([N+](=O)[O-])n1C. The normalized spacial score (nSPS) is 13.6. The molecule has 198 valence electrons. The van der Waals surface area contributed by atoms with Crippen molar-refractivity contribution < 1.29 is 27.5 Å². The molecule has 0 unspecified atom stereocenters. The molecule has 0 saturated carbocycles. The van der Waals surface area contributed by atoms with Crippen molar-refractivity contribution in [3.8, 4) is 6.19 Å². The topological polar surface area (TPSA) is 209 Å². The van der Waals surface area contributed by atoms with Gasteiger partial charge in [0, 0.05) is 13.6 Å². The third-order valence-corrected chi connectivity index (χ3v) is 7.17. The molecule has 1 aliphatic rings. The zero-order valence-corrected chi connectivity index (χ0v) is 21.7. The van der Waals surface area contributed by atoms with Crippen molar-refractivity contribution in [3.63, 3.8) is 0 Å². The number of hydrogen-bond acceptors (Lipinski definition) is 12. The number of hydrogen-bond donors (Lipinski definition) is 3. The fourth-order valence-electron chi connectivity index (χ4n) is 2.96. The first-order valence-electron chi connectivity index (χ1n) is 10.1. The average molecular weight is 603 g/mol. The van der Waals surface area contributed by atoms with Crippen LogP contribution in [-0.4, -0.2) is 57.6 Å². The van der Waals surface area contributed by atoms with E-state index in [1.165, 1.54) is 36.1 Å². The maximum atomic E-state index is 13.8. The molecule has 3 rings (SSSR count). The lowest BCUT2D eigenvalue weighted by Gasteiger charge is -2.21. The Kier molecular flexibility index (Phi) is 8.17. The molecule has 1 aliphatic heterocycles. The number of sulfonamides is 1. The molecule has 0 atom stereocenters. The van der Waals surface area contributed by atoms with Gasteiger partial charge in [-0.25, -0.2) is 26.5 Å². The van der Waals surface area contributed by atoms with Crippen LogP contribution >= 0.6 is 15.9 Å². The van der Waals surface area contributed by atoms with Gasteiger partial charge in [0.25, 0.3) is 0 Å². The molecular weight excluding hydrogens is 583 g/mol. The Morgan fingerprint density at radius 1 is 1.51 bits per heavy atom. The van der Waals surface area contributed by atoms with E-state index in [-0.39, 0.29) is 40.5 Å². The number of halogens is 2. The summed E-state index contributed by atoms with van der Waals surface area (Å²) in [5.74, 6) is -2.13. The lowest BCUT2D eigenvalue weighted by Crippen LogP contribution is -2.35. The number of imidazole rings is 1. The van der Waals surface area contributed by atoms with Crippen molar-refractivity contribution >= 4 is 43.4 Å². The number of nitrogens with one attached hydrogen (secondary N) is 2. The van der Waals surface area contributed by atoms with Gasteiger partial charge in [-0.15, -0.1) is 4.94 Å². The molecule has 0 bridgehead atoms. The van der Waals surface area contributed by atoms with Crippen LogP contribution in [0.2, 0.25) is 0 Å². The summed E-state index contributed by atoms with van der Waals surface area (Å²) in [7, 11) is -1.44. The minimum absolute atomic E-state index is 0.0817. The van der Waals surface area contributed by atoms with Crippen LogP contribution in [0.4, 0.5) is 16.0 Å². The van der Waals surface area contributed by atoms with Crippen molar-refractivity contribution in [1.29, 1.82) is 10.7 Å². The van der Waals surface area contributed by atoms with Crippen LogP contribution in [0.1, 0.15) is 5.69 Å². The van der Waals surface area contributed by atoms with Crippen LogP contribution in [0.15, 0.2) is 40.4 Å². The number of amidine groups is 1. The second kappa shape index (κ2) is 11.0. The number of nitriles is 1. The Balaban J connectivity index is 1.93. The second-order valence-electron chi connectivity index (χ2n) is 7.29. The van der Waals surface area contributed by atoms with Gasteiger partial charge in [-0.1, -0.05) is 10.2 Å². The molecule has 1 aromatic heterocycles. The highest BCUT2D eigenvalue weighted by Crippen LogP contribution is 2.33. The van der Waals surface area contributed by atoms with Gasteiger partial charge >= 0.3 is 5.95 Å². The number of benzene rings is 1. The summed E-state index contributed by atoms with van der Waals surface area (Å²) in [6.45, 7) is -0.564. The summed E-state index contributed by atoms with van der Waals surface area (Å²) < 4.78 is 39.9. The Labute approximate surface area is 217 Å². The maximum Gasteiger partial charge on any atom is 0.434 e. The van der Waals surface area contributed by atoms with Gasteiger partial charge in [-0.2, -0.15) is 10.3 Å². The van der Waals surface area contributed by atoms with Crippen LogP contribution < -0.4 is 16.1 Å². The monoisotopic (exact) mass is 602 g/mol. The highest BCUT2D eigenvalue weighted by atomic mass is 79.9. The Morgan fingerprint density at radius 2 is 2.22 bits per heavy atom. The molecule has 1 aromatic carbocycles. The first kappa shape index (κ1) is 27.6. The molecule has 0 radical (unpaired) electrons. The minimum atomic E-state index is -3.93. The Morgan fingerprint density at radius 3 is 2.78 bits per heavy atom. The fraction of sp³-hybridized carbons (Fsp3) is 0.278. The molecule has 19 heteroatoms. The highest BCUT2D eigenvalue weighted by molar-refractivity contribution is 9.10. The molecule has 0 aliphatic carbocycles. The van der Waals surface area contributed by atoms with Gasteiger partial charge in [0.1, 0.15) is 30.2 Å². The Hall–Kier alpha value is -3.99. The first-order valence-corrected chi connectivity index (χ1v) is 12.5. The average Bonchev–Trinajstić information content (AvgIpc) is 3.39. The predicted molar refractivity (Wildman–Crippen MR) is 128 cm³/mol. The largest absolute Gasteiger partial charge is 0.434 e. The van der Waals surface area contributed by atoms with E-state index in [2.05, 4.69) is 26.2 Å². The van der Waals surface area contributed by atoms with Crippen LogP contribution in [-0.2, 0) is 33.5 Å². The number of nitrogens with zero attached hydrogens (tertiary/aromatic N) is 7. The van der Waals surface area contributed by atoms with Gasteiger partial charge in [-0.05, 0) is 39.1 Å². The van der Waals surface area contributed by atoms with Gasteiger partial charge < -0.3 is 21.2 Å². The summed E-state index contributed by atoms with van der Waals surface area (Å²) >= 11 is 3.07. The first-order chi connectivity index (χ1) is 17.4. The van der Waals surface area contributed by atoms with E-state index in [4.69, 9.17) is 26.2 Å². The van der Waals surface area contributed by atoms with E-state index in [1.807, 2.05) is 0 Å². The van der Waals surface area contributed by atoms with Crippen LogP contribution in [0.3, 0.4) is 0 Å². The molecule has 4 N–H and O–H groups in total. The lowest BCUT2D eigenvalue weighted by atomic mass is 10.2. The Bertz CT molecular complexity index is 1410. The fourth-order valence-corrected chi connectivity index (χ4v) is 4.08. The predicted octanol–water partition coefficient (Wildman–Crippen LogP) is 0.768. The summed E-state index contributed by atoms with van der Waals surface area (Å²) in [6.07, 6.45) is 2.72. The zero-order valence-electron chi connectivity index (χ0n) is 19.3.